The molecule has 1 saturated heterocycles. The minimum atomic E-state index is -3.30. The first kappa shape index (κ1) is 30.7. The molecule has 1 aliphatic heterocycles. The predicted molar refractivity (Wildman–Crippen MR) is 152 cm³/mol. The van der Waals surface area contributed by atoms with Crippen molar-refractivity contribution in [2.45, 2.75) is 65.1 Å². The second-order valence-electron chi connectivity index (χ2n) is 9.80. The van der Waals surface area contributed by atoms with Gasteiger partial charge in [0.25, 0.3) is 0 Å². The van der Waals surface area contributed by atoms with E-state index in [-0.39, 0.29) is 24.5 Å². The number of sulfonamides is 1. The van der Waals surface area contributed by atoms with E-state index in [1.165, 1.54) is 5.56 Å². The van der Waals surface area contributed by atoms with Crippen molar-refractivity contribution in [1.82, 2.24) is 15.1 Å². The number of halogens is 1. The lowest BCUT2D eigenvalue weighted by Gasteiger charge is -2.39. The van der Waals surface area contributed by atoms with Crippen LogP contribution in [0.2, 0.25) is 0 Å². The zero-order valence-corrected chi connectivity index (χ0v) is 23.9. The van der Waals surface area contributed by atoms with E-state index in [2.05, 4.69) is 38.9 Å². The maximum atomic E-state index is 12.7. The van der Waals surface area contributed by atoms with E-state index in [1.54, 1.807) is 24.3 Å². The second-order valence-corrected chi connectivity index (χ2v) is 11.6. The maximum absolute atomic E-state index is 12.7. The number of nitrogens with one attached hydrogen (secondary N) is 2. The Morgan fingerprint density at radius 2 is 1.62 bits per heavy atom. The molecule has 206 valence electrons. The molecule has 8 nitrogen and oxygen atoms in total. The maximum Gasteiger partial charge on any atom is 0.317 e. The first-order valence-electron chi connectivity index (χ1n) is 12.8. The fourth-order valence-electron chi connectivity index (χ4n) is 4.36. The van der Waals surface area contributed by atoms with Gasteiger partial charge in [0.05, 0.1) is 6.26 Å². The van der Waals surface area contributed by atoms with Gasteiger partial charge in [0.15, 0.2) is 0 Å². The van der Waals surface area contributed by atoms with Crippen LogP contribution < -0.4 is 14.8 Å². The summed E-state index contributed by atoms with van der Waals surface area (Å²) in [5.41, 5.74) is 1.71. The number of piperidine rings is 1. The molecule has 1 heterocycles. The predicted octanol–water partition coefficient (Wildman–Crippen LogP) is 5.46. The number of hydrogen-bond acceptors (Lipinski definition) is 5. The number of anilines is 1. The van der Waals surface area contributed by atoms with Crippen LogP contribution in [0.1, 0.15) is 52.0 Å². The lowest BCUT2D eigenvalue weighted by Crippen LogP contribution is -2.52. The molecule has 1 aliphatic rings. The van der Waals surface area contributed by atoms with Gasteiger partial charge in [-0.25, -0.2) is 13.2 Å². The number of nitrogens with zero attached hydrogens (tertiary/aromatic N) is 2. The van der Waals surface area contributed by atoms with Crippen LogP contribution in [0.4, 0.5) is 10.5 Å². The van der Waals surface area contributed by atoms with E-state index in [0.29, 0.717) is 17.5 Å². The van der Waals surface area contributed by atoms with Crippen molar-refractivity contribution >= 4 is 34.1 Å². The van der Waals surface area contributed by atoms with Crippen molar-refractivity contribution in [1.29, 1.82) is 0 Å². The van der Waals surface area contributed by atoms with Crippen LogP contribution in [-0.2, 0) is 16.6 Å². The van der Waals surface area contributed by atoms with Gasteiger partial charge < -0.3 is 15.0 Å². The largest absolute Gasteiger partial charge is 0.457 e. The molecule has 0 spiro atoms. The lowest BCUT2D eigenvalue weighted by atomic mass is 10.0. The highest BCUT2D eigenvalue weighted by molar-refractivity contribution is 7.92. The number of rotatable bonds is 11. The number of likely N-dealkylation sites (tertiary alicyclic amines) is 1. The van der Waals surface area contributed by atoms with E-state index in [0.717, 1.165) is 63.9 Å². The Morgan fingerprint density at radius 3 is 2.14 bits per heavy atom. The Hall–Kier alpha value is -2.49. The molecular formula is C27H41ClN4O4S. The monoisotopic (exact) mass is 552 g/mol. The number of urea groups is 1. The fraction of sp³-hybridized carbons (Fsp3) is 0.519. The van der Waals surface area contributed by atoms with Crippen molar-refractivity contribution in [2.75, 3.05) is 30.6 Å². The molecule has 0 aliphatic carbocycles. The van der Waals surface area contributed by atoms with E-state index in [4.69, 9.17) is 4.74 Å². The summed E-state index contributed by atoms with van der Waals surface area (Å²) < 4.78 is 31.0. The molecule has 2 amide bonds. The van der Waals surface area contributed by atoms with Crippen molar-refractivity contribution < 1.29 is 17.9 Å². The van der Waals surface area contributed by atoms with Crippen molar-refractivity contribution in [3.63, 3.8) is 0 Å². The third-order valence-corrected chi connectivity index (χ3v) is 6.75. The van der Waals surface area contributed by atoms with Crippen molar-refractivity contribution in [3.05, 3.63) is 54.1 Å². The first-order chi connectivity index (χ1) is 17.1. The Kier molecular flexibility index (Phi) is 12.0. The van der Waals surface area contributed by atoms with Gasteiger partial charge in [-0.05, 0) is 75.1 Å². The Labute approximate surface area is 228 Å². The normalized spacial score (nSPS) is 14.6. The molecule has 2 aromatic carbocycles. The molecule has 3 rings (SSSR count). The van der Waals surface area contributed by atoms with Crippen molar-refractivity contribution in [3.8, 4) is 11.5 Å². The zero-order chi connectivity index (χ0) is 26.1. The van der Waals surface area contributed by atoms with Gasteiger partial charge in [-0.15, -0.1) is 12.4 Å². The van der Waals surface area contributed by atoms with Crippen LogP contribution in [0, 0.1) is 0 Å². The second kappa shape index (κ2) is 14.4. The summed E-state index contributed by atoms with van der Waals surface area (Å²) in [4.78, 5) is 17.2. The molecule has 1 fully saturated rings. The third kappa shape index (κ3) is 10.4. The summed E-state index contributed by atoms with van der Waals surface area (Å²) in [5, 5.41) is 3.07. The molecule has 0 bridgehead atoms. The number of carbonyl (C=O) groups excluding carboxylic acids is 1. The zero-order valence-electron chi connectivity index (χ0n) is 22.3. The Bertz CT molecular complexity index is 1070. The van der Waals surface area contributed by atoms with Gasteiger partial charge >= 0.3 is 6.03 Å². The summed E-state index contributed by atoms with van der Waals surface area (Å²) in [5.74, 6) is 1.36. The van der Waals surface area contributed by atoms with Crippen LogP contribution in [0.5, 0.6) is 11.5 Å². The molecule has 0 aromatic heterocycles. The van der Waals surface area contributed by atoms with E-state index in [1.807, 2.05) is 26.0 Å². The molecule has 37 heavy (non-hydrogen) atoms. The van der Waals surface area contributed by atoms with Gasteiger partial charge in [0.1, 0.15) is 11.5 Å². The molecular weight excluding hydrogens is 512 g/mol. The number of benzene rings is 2. The summed E-state index contributed by atoms with van der Waals surface area (Å²) in [6, 6.07) is 15.4. The fourth-order valence-corrected chi connectivity index (χ4v) is 4.92. The van der Waals surface area contributed by atoms with E-state index in [9.17, 15) is 13.2 Å². The number of carbonyl (C=O) groups is 1. The summed E-state index contributed by atoms with van der Waals surface area (Å²) in [7, 11) is -3.30. The Morgan fingerprint density at radius 1 is 1.05 bits per heavy atom. The van der Waals surface area contributed by atoms with Gasteiger partial charge in [0.2, 0.25) is 10.0 Å². The van der Waals surface area contributed by atoms with E-state index < -0.39 is 10.0 Å². The number of hydrogen-bond donors (Lipinski definition) is 2. The quantitative estimate of drug-likeness (QED) is 0.386. The standard InChI is InChI=1S/C27H40N4O4S.ClH/c1-5-6-17-31(27(32)28-21(2)3)24-15-18-30(19-16-24)20-22-7-11-25(12-8-22)35-26-13-9-23(10-14-26)29-36(4,33)34;/h7-14,21,24,29H,5-6,15-20H2,1-4H3,(H,28,32);1H. The van der Waals surface area contributed by atoms with Crippen LogP contribution in [0.3, 0.4) is 0 Å². The number of ether oxygens (including phenoxy) is 1. The highest BCUT2D eigenvalue weighted by Crippen LogP contribution is 2.25. The molecule has 0 saturated carbocycles. The summed E-state index contributed by atoms with van der Waals surface area (Å²) in [6.45, 7) is 9.79. The van der Waals surface area contributed by atoms with Crippen LogP contribution >= 0.6 is 12.4 Å². The highest BCUT2D eigenvalue weighted by atomic mass is 35.5. The van der Waals surface area contributed by atoms with Crippen LogP contribution in [0.15, 0.2) is 48.5 Å². The lowest BCUT2D eigenvalue weighted by molar-refractivity contribution is 0.115. The van der Waals surface area contributed by atoms with Gasteiger partial charge in [-0.3, -0.25) is 9.62 Å². The average molecular weight is 553 g/mol. The SMILES string of the molecule is CCCCN(C(=O)NC(C)C)C1CCN(Cc2ccc(Oc3ccc(NS(C)(=O)=O)cc3)cc2)CC1.Cl. The smallest absolute Gasteiger partial charge is 0.317 e. The van der Waals surface area contributed by atoms with Gasteiger partial charge in [-0.2, -0.15) is 0 Å². The van der Waals surface area contributed by atoms with Crippen LogP contribution in [-0.4, -0.2) is 62.2 Å². The molecule has 0 radical (unpaired) electrons. The molecule has 0 unspecified atom stereocenters. The average Bonchev–Trinajstić information content (AvgIpc) is 2.81. The molecule has 10 heteroatoms. The summed E-state index contributed by atoms with van der Waals surface area (Å²) >= 11 is 0. The van der Waals surface area contributed by atoms with E-state index >= 15 is 0 Å². The third-order valence-electron chi connectivity index (χ3n) is 6.15. The molecule has 2 aromatic rings. The van der Waals surface area contributed by atoms with Crippen LogP contribution in [0.25, 0.3) is 0 Å². The van der Waals surface area contributed by atoms with Gasteiger partial charge in [-0.1, -0.05) is 25.5 Å². The Balaban J connectivity index is 0.00000481. The minimum Gasteiger partial charge on any atom is -0.457 e. The van der Waals surface area contributed by atoms with Crippen molar-refractivity contribution in [2.24, 2.45) is 0 Å². The highest BCUT2D eigenvalue weighted by Gasteiger charge is 2.27. The number of amides is 2. The molecule has 0 atom stereocenters. The van der Waals surface area contributed by atoms with Gasteiger partial charge in [0, 0.05) is 44.0 Å². The molecule has 2 N–H and O–H groups in total. The summed E-state index contributed by atoms with van der Waals surface area (Å²) in [6.07, 6.45) is 5.20. The topological polar surface area (TPSA) is 91.0 Å². The number of unbranched alkanes of at least 4 members (excludes halogenated alkanes) is 1. The first-order valence-corrected chi connectivity index (χ1v) is 14.7. The minimum absolute atomic E-state index is 0.